The summed E-state index contributed by atoms with van der Waals surface area (Å²) >= 11 is 1.32. The number of furan rings is 1. The number of hydrogen-bond donors (Lipinski definition) is 2. The highest BCUT2D eigenvalue weighted by molar-refractivity contribution is 7.89. The van der Waals surface area contributed by atoms with Crippen LogP contribution in [0.2, 0.25) is 0 Å². The number of sulfonamides is 1. The van der Waals surface area contributed by atoms with E-state index in [-0.39, 0.29) is 17.2 Å². The number of nitrogens with one attached hydrogen (secondary N) is 1. The van der Waals surface area contributed by atoms with Crippen LogP contribution in [0.5, 0.6) is 5.75 Å². The molecule has 8 heteroatoms. The van der Waals surface area contributed by atoms with E-state index in [1.165, 1.54) is 29.7 Å². The third kappa shape index (κ3) is 4.64. The Kier molecular flexibility index (Phi) is 6.24. The number of thiophene rings is 1. The Morgan fingerprint density at radius 1 is 1.18 bits per heavy atom. The monoisotopic (exact) mass is 421 g/mol. The second-order valence-corrected chi connectivity index (χ2v) is 9.53. The summed E-state index contributed by atoms with van der Waals surface area (Å²) in [6.45, 7) is 4.38. The molecule has 6 nitrogen and oxygen atoms in total. The Morgan fingerprint density at radius 3 is 2.50 bits per heavy atom. The van der Waals surface area contributed by atoms with Gasteiger partial charge < -0.3 is 14.3 Å². The fourth-order valence-corrected chi connectivity index (χ4v) is 4.47. The van der Waals surface area contributed by atoms with Crippen LogP contribution in [0, 0.1) is 5.92 Å². The van der Waals surface area contributed by atoms with Gasteiger partial charge in [-0.05, 0) is 53.8 Å². The Bertz CT molecular complexity index is 928. The molecule has 1 unspecified atom stereocenters. The molecule has 0 radical (unpaired) electrons. The van der Waals surface area contributed by atoms with E-state index in [2.05, 4.69) is 4.72 Å². The SMILES string of the molecule is CC(C)COc1ccc(S(=O)(=O)NCC(O)(c2ccco2)c2cccs2)cc1. The van der Waals surface area contributed by atoms with Gasteiger partial charge in [-0.1, -0.05) is 19.9 Å². The molecule has 2 N–H and O–H groups in total. The number of ether oxygens (including phenoxy) is 1. The van der Waals surface area contributed by atoms with Gasteiger partial charge in [-0.25, -0.2) is 13.1 Å². The molecule has 3 rings (SSSR count). The number of aliphatic hydroxyl groups is 1. The molecule has 0 amide bonds. The van der Waals surface area contributed by atoms with Crippen LogP contribution in [0.4, 0.5) is 0 Å². The summed E-state index contributed by atoms with van der Waals surface area (Å²) in [7, 11) is -3.83. The lowest BCUT2D eigenvalue weighted by Crippen LogP contribution is -2.40. The van der Waals surface area contributed by atoms with E-state index < -0.39 is 15.6 Å². The largest absolute Gasteiger partial charge is 0.493 e. The summed E-state index contributed by atoms with van der Waals surface area (Å²) < 4.78 is 38.8. The van der Waals surface area contributed by atoms with Crippen LogP contribution < -0.4 is 9.46 Å². The van der Waals surface area contributed by atoms with Gasteiger partial charge in [0.2, 0.25) is 10.0 Å². The maximum atomic E-state index is 12.7. The Balaban J connectivity index is 1.76. The molecule has 150 valence electrons. The highest BCUT2D eigenvalue weighted by Crippen LogP contribution is 2.33. The molecule has 2 aromatic heterocycles. The lowest BCUT2D eigenvalue weighted by Gasteiger charge is -2.25. The molecular formula is C20H23NO5S2. The highest BCUT2D eigenvalue weighted by Gasteiger charge is 2.37. The molecule has 1 aromatic carbocycles. The van der Waals surface area contributed by atoms with Crippen LogP contribution in [0.25, 0.3) is 0 Å². The van der Waals surface area contributed by atoms with Gasteiger partial charge >= 0.3 is 0 Å². The van der Waals surface area contributed by atoms with Crippen LogP contribution in [0.15, 0.2) is 69.5 Å². The third-order valence-electron chi connectivity index (χ3n) is 4.09. The minimum Gasteiger partial charge on any atom is -0.493 e. The van der Waals surface area contributed by atoms with Crippen molar-refractivity contribution in [3.8, 4) is 5.75 Å². The molecule has 0 aliphatic rings. The van der Waals surface area contributed by atoms with Crippen molar-refractivity contribution in [1.29, 1.82) is 0 Å². The summed E-state index contributed by atoms with van der Waals surface area (Å²) in [5.41, 5.74) is -1.59. The van der Waals surface area contributed by atoms with Gasteiger partial charge in [0.25, 0.3) is 0 Å². The second kappa shape index (κ2) is 8.48. The van der Waals surface area contributed by atoms with Crippen molar-refractivity contribution in [2.24, 2.45) is 5.92 Å². The van der Waals surface area contributed by atoms with Gasteiger partial charge in [-0.15, -0.1) is 11.3 Å². The van der Waals surface area contributed by atoms with Crippen LogP contribution in [-0.4, -0.2) is 26.7 Å². The van der Waals surface area contributed by atoms with E-state index in [4.69, 9.17) is 9.15 Å². The first-order valence-corrected chi connectivity index (χ1v) is 11.2. The summed E-state index contributed by atoms with van der Waals surface area (Å²) in [5.74, 6) is 1.26. The average Bonchev–Trinajstić information content (AvgIpc) is 3.39. The van der Waals surface area contributed by atoms with Crippen LogP contribution in [0.3, 0.4) is 0 Å². The summed E-state index contributed by atoms with van der Waals surface area (Å²) in [6, 6.07) is 13.0. The van der Waals surface area contributed by atoms with Crippen molar-refractivity contribution >= 4 is 21.4 Å². The van der Waals surface area contributed by atoms with Crippen molar-refractivity contribution in [3.63, 3.8) is 0 Å². The maximum Gasteiger partial charge on any atom is 0.240 e. The van der Waals surface area contributed by atoms with Gasteiger partial charge in [-0.2, -0.15) is 0 Å². The predicted octanol–water partition coefficient (Wildman–Crippen LogP) is 3.59. The van der Waals surface area contributed by atoms with E-state index in [1.54, 1.807) is 36.4 Å². The van der Waals surface area contributed by atoms with Gasteiger partial charge in [-0.3, -0.25) is 0 Å². The molecule has 0 saturated carbocycles. The van der Waals surface area contributed by atoms with E-state index in [0.717, 1.165) is 0 Å². The minimum absolute atomic E-state index is 0.0948. The fraction of sp³-hybridized carbons (Fsp3) is 0.300. The normalized spacial score (nSPS) is 14.1. The van der Waals surface area contributed by atoms with Crippen LogP contribution >= 0.6 is 11.3 Å². The number of rotatable bonds is 9. The number of hydrogen-bond acceptors (Lipinski definition) is 6. The average molecular weight is 422 g/mol. The molecule has 0 aliphatic carbocycles. The van der Waals surface area contributed by atoms with Gasteiger partial charge in [0, 0.05) is 4.88 Å². The molecule has 2 heterocycles. The summed E-state index contributed by atoms with van der Waals surface area (Å²) in [5, 5.41) is 13.0. The van der Waals surface area contributed by atoms with E-state index in [9.17, 15) is 13.5 Å². The predicted molar refractivity (Wildman–Crippen MR) is 108 cm³/mol. The van der Waals surface area contributed by atoms with Crippen molar-refractivity contribution in [3.05, 3.63) is 70.8 Å². The van der Waals surface area contributed by atoms with E-state index in [1.807, 2.05) is 19.2 Å². The minimum atomic E-state index is -3.83. The Hall–Kier alpha value is -2.13. The zero-order chi connectivity index (χ0) is 20.2. The zero-order valence-electron chi connectivity index (χ0n) is 15.7. The highest BCUT2D eigenvalue weighted by atomic mass is 32.2. The van der Waals surface area contributed by atoms with E-state index >= 15 is 0 Å². The molecule has 28 heavy (non-hydrogen) atoms. The molecule has 0 spiro atoms. The first kappa shape index (κ1) is 20.6. The van der Waals surface area contributed by atoms with Crippen molar-refractivity contribution in [2.75, 3.05) is 13.2 Å². The van der Waals surface area contributed by atoms with Crippen LogP contribution in [0.1, 0.15) is 24.5 Å². The van der Waals surface area contributed by atoms with Crippen molar-refractivity contribution < 1.29 is 22.7 Å². The lowest BCUT2D eigenvalue weighted by atomic mass is 9.99. The molecule has 0 saturated heterocycles. The third-order valence-corrected chi connectivity index (χ3v) is 6.53. The molecule has 0 aliphatic heterocycles. The maximum absolute atomic E-state index is 12.7. The van der Waals surface area contributed by atoms with Gasteiger partial charge in [0.1, 0.15) is 11.5 Å². The second-order valence-electron chi connectivity index (χ2n) is 6.82. The summed E-state index contributed by atoms with van der Waals surface area (Å²) in [4.78, 5) is 0.681. The Labute approximate surface area is 168 Å². The fourth-order valence-electron chi connectivity index (χ4n) is 2.58. The van der Waals surface area contributed by atoms with Gasteiger partial charge in [0.05, 0.1) is 24.3 Å². The van der Waals surface area contributed by atoms with Gasteiger partial charge in [0.15, 0.2) is 5.60 Å². The quantitative estimate of drug-likeness (QED) is 0.551. The lowest BCUT2D eigenvalue weighted by molar-refractivity contribution is 0.0655. The number of benzene rings is 1. The molecule has 0 bridgehead atoms. The molecular weight excluding hydrogens is 398 g/mol. The Morgan fingerprint density at radius 2 is 1.93 bits per heavy atom. The first-order chi connectivity index (χ1) is 13.3. The molecule has 0 fully saturated rings. The topological polar surface area (TPSA) is 88.8 Å². The first-order valence-electron chi connectivity index (χ1n) is 8.84. The van der Waals surface area contributed by atoms with Crippen molar-refractivity contribution in [1.82, 2.24) is 4.72 Å². The standard InChI is InChI=1S/C20H23NO5S2/c1-15(2)13-26-16-7-9-17(10-8-16)28(23,24)21-14-20(22,18-5-3-11-25-18)19-6-4-12-27-19/h3-12,15,21-22H,13-14H2,1-2H3. The van der Waals surface area contributed by atoms with Crippen molar-refractivity contribution in [2.45, 2.75) is 24.3 Å². The van der Waals surface area contributed by atoms with Crippen LogP contribution in [-0.2, 0) is 15.6 Å². The molecule has 1 atom stereocenters. The smallest absolute Gasteiger partial charge is 0.240 e. The summed E-state index contributed by atoms with van der Waals surface area (Å²) in [6.07, 6.45) is 1.44. The molecule has 3 aromatic rings. The zero-order valence-corrected chi connectivity index (χ0v) is 17.3. The van der Waals surface area contributed by atoms with E-state index in [0.29, 0.717) is 23.2 Å².